The number of hydrogen-bond acceptors (Lipinski definition) is 2. The van der Waals surface area contributed by atoms with Crippen LogP contribution in [0.4, 0.5) is 0 Å². The first-order chi connectivity index (χ1) is 5.74. The number of nitrogens with zero attached hydrogens (tertiary/aromatic N) is 1. The van der Waals surface area contributed by atoms with E-state index >= 15 is 0 Å². The highest BCUT2D eigenvalue weighted by Crippen LogP contribution is 2.21. The van der Waals surface area contributed by atoms with Gasteiger partial charge in [0.05, 0.1) is 11.7 Å². The summed E-state index contributed by atoms with van der Waals surface area (Å²) in [5.41, 5.74) is 1.10. The summed E-state index contributed by atoms with van der Waals surface area (Å²) in [5.74, 6) is 0. The quantitative estimate of drug-likeness (QED) is 0.598. The zero-order chi connectivity index (χ0) is 8.97. The number of thiocarbonyl (C=S) groups is 1. The van der Waals surface area contributed by atoms with Gasteiger partial charge in [-0.3, -0.25) is 0 Å². The third-order valence-electron chi connectivity index (χ3n) is 1.32. The maximum atomic E-state index is 4.48. The summed E-state index contributed by atoms with van der Waals surface area (Å²) in [7, 11) is 0. The molecule has 0 saturated heterocycles. The van der Waals surface area contributed by atoms with Gasteiger partial charge in [0.15, 0.2) is 0 Å². The van der Waals surface area contributed by atoms with Crippen molar-refractivity contribution in [1.29, 1.82) is 0 Å². The Hall–Kier alpha value is -0.0200. The molecule has 1 rings (SSSR count). The fraction of sp³-hybridized carbons (Fsp3) is 0.125. The van der Waals surface area contributed by atoms with Crippen molar-refractivity contribution >= 4 is 49.2 Å². The molecule has 0 amide bonds. The van der Waals surface area contributed by atoms with E-state index < -0.39 is 0 Å². The van der Waals surface area contributed by atoms with Crippen LogP contribution in [0.15, 0.2) is 32.1 Å². The molecule has 0 N–H and O–H groups in total. The second kappa shape index (κ2) is 4.87. The van der Waals surface area contributed by atoms with Crippen molar-refractivity contribution in [2.24, 2.45) is 4.99 Å². The minimum Gasteiger partial charge on any atom is -0.228 e. The van der Waals surface area contributed by atoms with E-state index in [2.05, 4.69) is 54.2 Å². The van der Waals surface area contributed by atoms with Crippen LogP contribution in [0.5, 0.6) is 0 Å². The molecular weight excluding hydrogens is 302 g/mol. The average Bonchev–Trinajstić information content (AvgIpc) is 2.07. The van der Waals surface area contributed by atoms with Crippen LogP contribution in [0, 0.1) is 0 Å². The van der Waals surface area contributed by atoms with E-state index in [0.29, 0.717) is 6.54 Å². The Kier molecular flexibility index (Phi) is 4.09. The summed E-state index contributed by atoms with van der Waals surface area (Å²) in [5, 5.41) is 2.34. The SMILES string of the molecule is S=C=NCc1cc(Br)ccc1Br. The third kappa shape index (κ3) is 2.79. The molecule has 0 aliphatic rings. The Labute approximate surface area is 93.2 Å². The Morgan fingerprint density at radius 1 is 1.42 bits per heavy atom. The van der Waals surface area contributed by atoms with Crippen molar-refractivity contribution in [3.63, 3.8) is 0 Å². The number of benzene rings is 1. The van der Waals surface area contributed by atoms with Crippen LogP contribution in [0.3, 0.4) is 0 Å². The normalized spacial score (nSPS) is 9.17. The summed E-state index contributed by atoms with van der Waals surface area (Å²) < 4.78 is 2.08. The van der Waals surface area contributed by atoms with Gasteiger partial charge in [-0.1, -0.05) is 31.9 Å². The molecule has 0 aromatic heterocycles. The molecule has 62 valence electrons. The Morgan fingerprint density at radius 2 is 2.17 bits per heavy atom. The second-order valence-corrected chi connectivity index (χ2v) is 4.10. The largest absolute Gasteiger partial charge is 0.228 e. The summed E-state index contributed by atoms with van der Waals surface area (Å²) in [4.78, 5) is 3.86. The van der Waals surface area contributed by atoms with E-state index in [9.17, 15) is 0 Å². The zero-order valence-electron chi connectivity index (χ0n) is 6.05. The standard InChI is InChI=1S/C8H5Br2NS/c9-7-1-2-8(10)6(3-7)4-11-5-12/h1-3H,4H2. The first-order valence-electron chi connectivity index (χ1n) is 3.21. The first-order valence-corrected chi connectivity index (χ1v) is 5.21. The number of halogens is 2. The highest BCUT2D eigenvalue weighted by molar-refractivity contribution is 9.11. The molecule has 1 aromatic rings. The van der Waals surface area contributed by atoms with Crippen molar-refractivity contribution in [1.82, 2.24) is 0 Å². The highest BCUT2D eigenvalue weighted by Gasteiger charge is 1.98. The molecule has 0 atom stereocenters. The van der Waals surface area contributed by atoms with Crippen molar-refractivity contribution in [3.8, 4) is 0 Å². The van der Waals surface area contributed by atoms with Crippen LogP contribution in [0.25, 0.3) is 0 Å². The molecule has 12 heavy (non-hydrogen) atoms. The number of hydrogen-bond donors (Lipinski definition) is 0. The molecule has 0 saturated carbocycles. The monoisotopic (exact) mass is 305 g/mol. The van der Waals surface area contributed by atoms with E-state index in [4.69, 9.17) is 0 Å². The first kappa shape index (κ1) is 10.1. The van der Waals surface area contributed by atoms with Gasteiger partial charge in [0, 0.05) is 8.95 Å². The molecule has 0 radical (unpaired) electrons. The minimum atomic E-state index is 0.573. The lowest BCUT2D eigenvalue weighted by molar-refractivity contribution is 1.07. The highest BCUT2D eigenvalue weighted by atomic mass is 79.9. The van der Waals surface area contributed by atoms with Gasteiger partial charge in [0.2, 0.25) is 0 Å². The summed E-state index contributed by atoms with van der Waals surface area (Å²) in [6.07, 6.45) is 0. The smallest absolute Gasteiger partial charge is 0.0754 e. The minimum absolute atomic E-state index is 0.573. The van der Waals surface area contributed by atoms with Gasteiger partial charge in [-0.05, 0) is 36.0 Å². The summed E-state index contributed by atoms with van der Waals surface area (Å²) in [6.45, 7) is 0.573. The number of rotatable bonds is 2. The molecule has 0 aliphatic carbocycles. The fourth-order valence-electron chi connectivity index (χ4n) is 0.782. The van der Waals surface area contributed by atoms with E-state index in [1.807, 2.05) is 18.2 Å². The van der Waals surface area contributed by atoms with E-state index in [1.54, 1.807) is 0 Å². The maximum absolute atomic E-state index is 4.48. The van der Waals surface area contributed by atoms with Crippen LogP contribution in [0.1, 0.15) is 5.56 Å². The molecule has 1 nitrogen and oxygen atoms in total. The van der Waals surface area contributed by atoms with E-state index in [0.717, 1.165) is 14.5 Å². The molecule has 4 heteroatoms. The number of isothiocyanates is 1. The van der Waals surface area contributed by atoms with Crippen molar-refractivity contribution in [3.05, 3.63) is 32.7 Å². The summed E-state index contributed by atoms with van der Waals surface area (Å²) in [6, 6.07) is 5.94. The van der Waals surface area contributed by atoms with Gasteiger partial charge in [-0.15, -0.1) is 0 Å². The predicted octanol–water partition coefficient (Wildman–Crippen LogP) is 3.81. The lowest BCUT2D eigenvalue weighted by atomic mass is 10.2. The van der Waals surface area contributed by atoms with Crippen molar-refractivity contribution in [2.75, 3.05) is 0 Å². The summed E-state index contributed by atoms with van der Waals surface area (Å²) >= 11 is 11.3. The zero-order valence-corrected chi connectivity index (χ0v) is 10.0. The van der Waals surface area contributed by atoms with Crippen molar-refractivity contribution < 1.29 is 0 Å². The van der Waals surface area contributed by atoms with Crippen molar-refractivity contribution in [2.45, 2.75) is 6.54 Å². The Balaban J connectivity index is 2.96. The lowest BCUT2D eigenvalue weighted by Crippen LogP contribution is -1.82. The van der Waals surface area contributed by atoms with Gasteiger partial charge in [-0.25, -0.2) is 4.99 Å². The average molecular weight is 307 g/mol. The van der Waals surface area contributed by atoms with Crippen LogP contribution >= 0.6 is 44.1 Å². The van der Waals surface area contributed by atoms with Crippen LogP contribution in [0.2, 0.25) is 0 Å². The van der Waals surface area contributed by atoms with Crippen LogP contribution in [-0.2, 0) is 6.54 Å². The predicted molar refractivity (Wildman–Crippen MR) is 60.6 cm³/mol. The molecule has 1 aromatic carbocycles. The molecule has 0 fully saturated rings. The topological polar surface area (TPSA) is 12.4 Å². The molecule has 0 aliphatic heterocycles. The molecule has 0 spiro atoms. The van der Waals surface area contributed by atoms with Crippen LogP contribution in [-0.4, -0.2) is 5.16 Å². The van der Waals surface area contributed by atoms with E-state index in [1.165, 1.54) is 0 Å². The molecule has 0 unspecified atom stereocenters. The van der Waals surface area contributed by atoms with Gasteiger partial charge >= 0.3 is 0 Å². The van der Waals surface area contributed by atoms with Gasteiger partial charge in [0.25, 0.3) is 0 Å². The molecular formula is C8H5Br2NS. The molecule has 0 bridgehead atoms. The van der Waals surface area contributed by atoms with Gasteiger partial charge in [-0.2, -0.15) is 0 Å². The van der Waals surface area contributed by atoms with Gasteiger partial charge < -0.3 is 0 Å². The second-order valence-electron chi connectivity index (χ2n) is 2.14. The lowest BCUT2D eigenvalue weighted by Gasteiger charge is -1.99. The Bertz CT molecular complexity index is 332. The third-order valence-corrected chi connectivity index (χ3v) is 2.72. The molecule has 0 heterocycles. The number of aliphatic imine (C=N–C) groups is 1. The maximum Gasteiger partial charge on any atom is 0.0754 e. The van der Waals surface area contributed by atoms with E-state index in [-0.39, 0.29) is 0 Å². The van der Waals surface area contributed by atoms with Gasteiger partial charge in [0.1, 0.15) is 0 Å². The van der Waals surface area contributed by atoms with Crippen LogP contribution < -0.4 is 0 Å². The fourth-order valence-corrected chi connectivity index (χ4v) is 1.63. The Morgan fingerprint density at radius 3 is 2.83 bits per heavy atom.